The maximum atomic E-state index is 5.84. The molecule has 3 heteroatoms. The molecule has 1 nitrogen and oxygen atoms in total. The molecule has 0 aliphatic heterocycles. The Hall–Kier alpha value is -0.340. The number of hydrogen-bond acceptors (Lipinski definition) is 2. The summed E-state index contributed by atoms with van der Waals surface area (Å²) in [7, 11) is 1.67. The fraction of sp³-hybridized carbons (Fsp3) is 0.333. The lowest BCUT2D eigenvalue weighted by molar-refractivity contribution is 0.405. The van der Waals surface area contributed by atoms with Gasteiger partial charge >= 0.3 is 0 Å². The molecule has 66 valence electrons. The average molecular weight is 203 g/mol. The Morgan fingerprint density at radius 1 is 1.50 bits per heavy atom. The first-order chi connectivity index (χ1) is 5.77. The van der Waals surface area contributed by atoms with E-state index in [4.69, 9.17) is 16.3 Å². The van der Waals surface area contributed by atoms with E-state index in [9.17, 15) is 0 Å². The number of hydrogen-bond donors (Lipinski definition) is 0. The number of benzene rings is 1. The van der Waals surface area contributed by atoms with E-state index in [1.807, 2.05) is 18.2 Å². The van der Waals surface area contributed by atoms with Crippen LogP contribution in [0.15, 0.2) is 23.1 Å². The summed E-state index contributed by atoms with van der Waals surface area (Å²) in [5.74, 6) is 1.92. The number of methoxy groups -OCH3 is 1. The van der Waals surface area contributed by atoms with Crippen LogP contribution in [0.4, 0.5) is 0 Å². The van der Waals surface area contributed by atoms with Crippen molar-refractivity contribution in [3.8, 4) is 5.75 Å². The van der Waals surface area contributed by atoms with Crippen LogP contribution in [0.5, 0.6) is 5.75 Å². The van der Waals surface area contributed by atoms with Crippen molar-refractivity contribution in [2.75, 3.05) is 12.9 Å². The second kappa shape index (κ2) is 4.63. The van der Waals surface area contributed by atoms with Gasteiger partial charge in [-0.3, -0.25) is 0 Å². The predicted octanol–water partition coefficient (Wildman–Crippen LogP) is 3.46. The normalized spacial score (nSPS) is 9.92. The van der Waals surface area contributed by atoms with Crippen molar-refractivity contribution < 1.29 is 4.74 Å². The van der Waals surface area contributed by atoms with Gasteiger partial charge in [0.1, 0.15) is 5.75 Å². The zero-order chi connectivity index (χ0) is 8.97. The molecule has 0 N–H and O–H groups in total. The average Bonchev–Trinajstić information content (AvgIpc) is 2.05. The zero-order valence-electron chi connectivity index (χ0n) is 7.13. The number of rotatable bonds is 3. The minimum absolute atomic E-state index is 0.756. The lowest BCUT2D eigenvalue weighted by atomic mass is 10.3. The second-order valence-corrected chi connectivity index (χ2v) is 3.97. The lowest BCUT2D eigenvalue weighted by Gasteiger charge is -2.06. The van der Waals surface area contributed by atoms with Gasteiger partial charge in [-0.2, -0.15) is 0 Å². The minimum Gasteiger partial charge on any atom is -0.496 e. The maximum absolute atomic E-state index is 5.84. The third kappa shape index (κ3) is 2.32. The smallest absolute Gasteiger partial charge is 0.132 e. The van der Waals surface area contributed by atoms with Crippen molar-refractivity contribution in [3.05, 3.63) is 23.2 Å². The Bertz CT molecular complexity index is 263. The van der Waals surface area contributed by atoms with Crippen molar-refractivity contribution in [1.29, 1.82) is 0 Å². The molecular weight excluding hydrogens is 192 g/mol. The standard InChI is InChI=1S/C9H11ClOS/c1-3-12-9-6-7(10)4-5-8(9)11-2/h4-6H,3H2,1-2H3. The van der Waals surface area contributed by atoms with Crippen LogP contribution in [0.25, 0.3) is 0 Å². The predicted molar refractivity (Wildman–Crippen MR) is 54.4 cm³/mol. The third-order valence-corrected chi connectivity index (χ3v) is 2.58. The first-order valence-electron chi connectivity index (χ1n) is 3.74. The van der Waals surface area contributed by atoms with Crippen molar-refractivity contribution in [1.82, 2.24) is 0 Å². The molecule has 0 aliphatic carbocycles. The van der Waals surface area contributed by atoms with Gasteiger partial charge in [-0.25, -0.2) is 0 Å². The van der Waals surface area contributed by atoms with Crippen molar-refractivity contribution in [2.45, 2.75) is 11.8 Å². The Kier molecular flexibility index (Phi) is 3.76. The van der Waals surface area contributed by atoms with E-state index < -0.39 is 0 Å². The Morgan fingerprint density at radius 2 is 2.25 bits per heavy atom. The van der Waals surface area contributed by atoms with Crippen LogP contribution < -0.4 is 4.74 Å². The Labute approximate surface area is 82.1 Å². The molecule has 12 heavy (non-hydrogen) atoms. The highest BCUT2D eigenvalue weighted by Gasteiger charge is 2.02. The molecule has 0 saturated heterocycles. The van der Waals surface area contributed by atoms with Crippen LogP contribution in [0.3, 0.4) is 0 Å². The fourth-order valence-corrected chi connectivity index (χ4v) is 1.97. The van der Waals surface area contributed by atoms with Crippen LogP contribution in [0, 0.1) is 0 Å². The molecule has 0 unspecified atom stereocenters. The van der Waals surface area contributed by atoms with Crippen molar-refractivity contribution in [2.24, 2.45) is 0 Å². The number of ether oxygens (including phenoxy) is 1. The van der Waals surface area contributed by atoms with Gasteiger partial charge in [-0.15, -0.1) is 11.8 Å². The molecule has 0 radical (unpaired) electrons. The molecule has 0 aromatic heterocycles. The topological polar surface area (TPSA) is 9.23 Å². The van der Waals surface area contributed by atoms with Crippen LogP contribution in [0.1, 0.15) is 6.92 Å². The molecule has 0 heterocycles. The van der Waals surface area contributed by atoms with E-state index in [1.165, 1.54) is 0 Å². The Balaban J connectivity index is 2.95. The summed E-state index contributed by atoms with van der Waals surface area (Å²) < 4.78 is 5.17. The largest absolute Gasteiger partial charge is 0.496 e. The first-order valence-corrected chi connectivity index (χ1v) is 5.10. The molecule has 0 bridgehead atoms. The summed E-state index contributed by atoms with van der Waals surface area (Å²) in [5, 5.41) is 0.756. The molecule has 0 spiro atoms. The summed E-state index contributed by atoms with van der Waals surface area (Å²) in [6.07, 6.45) is 0. The van der Waals surface area contributed by atoms with E-state index in [1.54, 1.807) is 18.9 Å². The monoisotopic (exact) mass is 202 g/mol. The van der Waals surface area contributed by atoms with Gasteiger partial charge in [0.05, 0.1) is 12.0 Å². The van der Waals surface area contributed by atoms with Crippen LogP contribution in [-0.2, 0) is 0 Å². The van der Waals surface area contributed by atoms with Gasteiger partial charge in [0, 0.05) is 5.02 Å². The molecule has 0 saturated carbocycles. The van der Waals surface area contributed by atoms with E-state index in [0.717, 1.165) is 21.4 Å². The highest BCUT2D eigenvalue weighted by atomic mass is 35.5. The summed E-state index contributed by atoms with van der Waals surface area (Å²) in [4.78, 5) is 1.10. The highest BCUT2D eigenvalue weighted by Crippen LogP contribution is 2.31. The molecular formula is C9H11ClOS. The molecule has 0 atom stereocenters. The quantitative estimate of drug-likeness (QED) is 0.695. The molecule has 0 amide bonds. The molecule has 1 aromatic carbocycles. The minimum atomic E-state index is 0.756. The lowest BCUT2D eigenvalue weighted by Crippen LogP contribution is -1.85. The van der Waals surface area contributed by atoms with E-state index >= 15 is 0 Å². The van der Waals surface area contributed by atoms with E-state index in [-0.39, 0.29) is 0 Å². The molecule has 0 fully saturated rings. The molecule has 1 rings (SSSR count). The number of halogens is 1. The summed E-state index contributed by atoms with van der Waals surface area (Å²) in [6.45, 7) is 2.10. The first kappa shape index (κ1) is 9.75. The summed E-state index contributed by atoms with van der Waals surface area (Å²) in [6, 6.07) is 5.65. The van der Waals surface area contributed by atoms with Gasteiger partial charge < -0.3 is 4.74 Å². The van der Waals surface area contributed by atoms with E-state index in [0.29, 0.717) is 0 Å². The molecule has 0 aliphatic rings. The highest BCUT2D eigenvalue weighted by molar-refractivity contribution is 7.99. The van der Waals surface area contributed by atoms with Crippen molar-refractivity contribution in [3.63, 3.8) is 0 Å². The van der Waals surface area contributed by atoms with Crippen molar-refractivity contribution >= 4 is 23.4 Å². The van der Waals surface area contributed by atoms with Crippen LogP contribution >= 0.6 is 23.4 Å². The third-order valence-electron chi connectivity index (χ3n) is 1.43. The van der Waals surface area contributed by atoms with Gasteiger partial charge in [-0.05, 0) is 24.0 Å². The van der Waals surface area contributed by atoms with Gasteiger partial charge in [0.15, 0.2) is 0 Å². The maximum Gasteiger partial charge on any atom is 0.132 e. The number of thioether (sulfide) groups is 1. The van der Waals surface area contributed by atoms with Gasteiger partial charge in [0.2, 0.25) is 0 Å². The van der Waals surface area contributed by atoms with Gasteiger partial charge in [0.25, 0.3) is 0 Å². The molecule has 1 aromatic rings. The van der Waals surface area contributed by atoms with E-state index in [2.05, 4.69) is 6.92 Å². The fourth-order valence-electron chi connectivity index (χ4n) is 0.919. The Morgan fingerprint density at radius 3 is 2.83 bits per heavy atom. The SMILES string of the molecule is CCSc1cc(Cl)ccc1OC. The summed E-state index contributed by atoms with van der Waals surface area (Å²) >= 11 is 7.57. The second-order valence-electron chi connectivity index (χ2n) is 2.23. The zero-order valence-corrected chi connectivity index (χ0v) is 8.71. The van der Waals surface area contributed by atoms with Crippen LogP contribution in [0.2, 0.25) is 5.02 Å². The van der Waals surface area contributed by atoms with Crippen LogP contribution in [-0.4, -0.2) is 12.9 Å². The van der Waals surface area contributed by atoms with Gasteiger partial charge in [-0.1, -0.05) is 18.5 Å². The summed E-state index contributed by atoms with van der Waals surface area (Å²) in [5.41, 5.74) is 0.